The third-order valence-corrected chi connectivity index (χ3v) is 4.08. The summed E-state index contributed by atoms with van der Waals surface area (Å²) < 4.78 is 6.54. The van der Waals surface area contributed by atoms with Crippen LogP contribution >= 0.6 is 15.9 Å². The molecule has 0 unspecified atom stereocenters. The lowest BCUT2D eigenvalue weighted by molar-refractivity contribution is -0.159. The van der Waals surface area contributed by atoms with Crippen LogP contribution in [0.5, 0.6) is 5.75 Å². The van der Waals surface area contributed by atoms with Gasteiger partial charge in [-0.05, 0) is 69.1 Å². The van der Waals surface area contributed by atoms with E-state index in [1.807, 2.05) is 12.1 Å². The number of carboxylic acids is 2. The molecule has 0 amide bonds. The van der Waals surface area contributed by atoms with Crippen molar-refractivity contribution < 1.29 is 24.5 Å². The molecule has 26 heavy (non-hydrogen) atoms. The van der Waals surface area contributed by atoms with Crippen molar-refractivity contribution in [3.8, 4) is 5.75 Å². The second-order valence-electron chi connectivity index (χ2n) is 5.65. The Morgan fingerprint density at radius 2 is 1.81 bits per heavy atom. The number of unbranched alkanes of at least 4 members (excludes halogenated alkanes) is 1. The van der Waals surface area contributed by atoms with Crippen molar-refractivity contribution in [1.82, 2.24) is 4.90 Å². The number of methoxy groups -OCH3 is 1. The molecule has 8 heteroatoms. The molecule has 0 heterocycles. The summed E-state index contributed by atoms with van der Waals surface area (Å²) in [6.07, 6.45) is 4.51. The van der Waals surface area contributed by atoms with Crippen LogP contribution in [0.1, 0.15) is 31.7 Å². The average Bonchev–Trinajstić information content (AvgIpc) is 2.60. The van der Waals surface area contributed by atoms with Crippen LogP contribution in [0.2, 0.25) is 0 Å². The Hall–Kier alpha value is -1.64. The predicted molar refractivity (Wildman–Crippen MR) is 105 cm³/mol. The van der Waals surface area contributed by atoms with E-state index in [4.69, 9.17) is 30.3 Å². The van der Waals surface area contributed by atoms with Crippen molar-refractivity contribution in [3.63, 3.8) is 0 Å². The topological polar surface area (TPSA) is 113 Å². The maximum absolute atomic E-state index is 9.10. The predicted octanol–water partition coefficient (Wildman–Crippen LogP) is 2.61. The van der Waals surface area contributed by atoms with Gasteiger partial charge >= 0.3 is 11.9 Å². The van der Waals surface area contributed by atoms with Gasteiger partial charge in [0.25, 0.3) is 0 Å². The van der Waals surface area contributed by atoms with Gasteiger partial charge in [-0.25, -0.2) is 9.59 Å². The van der Waals surface area contributed by atoms with Gasteiger partial charge in [0.15, 0.2) is 0 Å². The fourth-order valence-electron chi connectivity index (χ4n) is 2.35. The van der Waals surface area contributed by atoms with Crippen LogP contribution in [0.4, 0.5) is 0 Å². The molecule has 0 saturated heterocycles. The van der Waals surface area contributed by atoms with Crippen LogP contribution in [-0.4, -0.2) is 60.3 Å². The van der Waals surface area contributed by atoms with E-state index in [-0.39, 0.29) is 0 Å². The highest BCUT2D eigenvalue weighted by Crippen LogP contribution is 2.23. The van der Waals surface area contributed by atoms with Crippen molar-refractivity contribution in [3.05, 3.63) is 28.2 Å². The number of ether oxygens (including phenoxy) is 1. The van der Waals surface area contributed by atoms with Gasteiger partial charge in [0, 0.05) is 11.0 Å². The number of aliphatic carboxylic acids is 2. The van der Waals surface area contributed by atoms with E-state index in [2.05, 4.69) is 33.8 Å². The average molecular weight is 433 g/mol. The van der Waals surface area contributed by atoms with Crippen LogP contribution in [-0.2, 0) is 16.0 Å². The van der Waals surface area contributed by atoms with Crippen LogP contribution in [0.25, 0.3) is 0 Å². The number of halogens is 1. The molecule has 0 bridgehead atoms. The maximum atomic E-state index is 9.10. The largest absolute Gasteiger partial charge is 0.496 e. The summed E-state index contributed by atoms with van der Waals surface area (Å²) >= 11 is 3.53. The second-order valence-corrected chi connectivity index (χ2v) is 6.57. The minimum absolute atomic E-state index is 0.791. The molecule has 0 atom stereocenters. The van der Waals surface area contributed by atoms with E-state index >= 15 is 0 Å². The number of nitrogens with zero attached hydrogens (tertiary/aromatic N) is 1. The van der Waals surface area contributed by atoms with Gasteiger partial charge in [0.05, 0.1) is 7.11 Å². The SMILES string of the molecule is CCCN(CCCCN)CCc1cc(Br)ccc1OC.O=C(O)C(=O)O. The number of hydrogen-bond acceptors (Lipinski definition) is 5. The lowest BCUT2D eigenvalue weighted by Gasteiger charge is -2.22. The zero-order valence-electron chi connectivity index (χ0n) is 15.4. The molecule has 1 aromatic rings. The first kappa shape index (κ1) is 24.4. The molecule has 0 aromatic heterocycles. The molecule has 148 valence electrons. The van der Waals surface area contributed by atoms with E-state index in [9.17, 15) is 0 Å². The van der Waals surface area contributed by atoms with Gasteiger partial charge in [-0.3, -0.25) is 0 Å². The van der Waals surface area contributed by atoms with Gasteiger partial charge in [-0.2, -0.15) is 0 Å². The van der Waals surface area contributed by atoms with Crippen LogP contribution in [0.3, 0.4) is 0 Å². The smallest absolute Gasteiger partial charge is 0.414 e. The molecule has 4 N–H and O–H groups in total. The van der Waals surface area contributed by atoms with E-state index in [1.54, 1.807) is 7.11 Å². The minimum Gasteiger partial charge on any atom is -0.496 e. The van der Waals surface area contributed by atoms with Crippen molar-refractivity contribution in [2.45, 2.75) is 32.6 Å². The van der Waals surface area contributed by atoms with E-state index in [1.165, 1.54) is 18.4 Å². The van der Waals surface area contributed by atoms with Crippen molar-refractivity contribution >= 4 is 27.9 Å². The zero-order valence-corrected chi connectivity index (χ0v) is 17.0. The summed E-state index contributed by atoms with van der Waals surface area (Å²) in [6.45, 7) is 6.39. The van der Waals surface area contributed by atoms with E-state index in [0.29, 0.717) is 0 Å². The molecule has 0 saturated carbocycles. The fourth-order valence-corrected chi connectivity index (χ4v) is 2.76. The molecule has 0 aliphatic heterocycles. The Kier molecular flexibility index (Phi) is 13.6. The van der Waals surface area contributed by atoms with Crippen LogP contribution < -0.4 is 10.5 Å². The number of nitrogens with two attached hydrogens (primary N) is 1. The molecule has 0 aliphatic carbocycles. The molecule has 1 rings (SSSR count). The van der Waals surface area contributed by atoms with Crippen molar-refractivity contribution in [1.29, 1.82) is 0 Å². The monoisotopic (exact) mass is 432 g/mol. The van der Waals surface area contributed by atoms with Crippen LogP contribution in [0, 0.1) is 0 Å². The first-order valence-corrected chi connectivity index (χ1v) is 9.36. The van der Waals surface area contributed by atoms with Gasteiger partial charge in [0.1, 0.15) is 5.75 Å². The molecular formula is C18H29BrN2O5. The Morgan fingerprint density at radius 3 is 2.31 bits per heavy atom. The van der Waals surface area contributed by atoms with E-state index < -0.39 is 11.9 Å². The van der Waals surface area contributed by atoms with E-state index in [0.717, 1.165) is 49.2 Å². The summed E-state index contributed by atoms with van der Waals surface area (Å²) in [4.78, 5) is 20.7. The quantitative estimate of drug-likeness (QED) is 0.384. The second kappa shape index (κ2) is 14.5. The lowest BCUT2D eigenvalue weighted by Crippen LogP contribution is -2.28. The molecule has 0 radical (unpaired) electrons. The highest BCUT2D eigenvalue weighted by Gasteiger charge is 2.08. The molecule has 1 aromatic carbocycles. The minimum atomic E-state index is -1.82. The Labute approximate surface area is 163 Å². The summed E-state index contributed by atoms with van der Waals surface area (Å²) in [7, 11) is 1.73. The van der Waals surface area contributed by atoms with Gasteiger partial charge in [-0.15, -0.1) is 0 Å². The summed E-state index contributed by atoms with van der Waals surface area (Å²) in [6, 6.07) is 6.20. The third-order valence-electron chi connectivity index (χ3n) is 3.59. The van der Waals surface area contributed by atoms with Crippen LogP contribution in [0.15, 0.2) is 22.7 Å². The summed E-state index contributed by atoms with van der Waals surface area (Å²) in [5.74, 6) is -2.67. The maximum Gasteiger partial charge on any atom is 0.414 e. The Bertz CT molecular complexity index is 542. The van der Waals surface area contributed by atoms with Crippen molar-refractivity contribution in [2.24, 2.45) is 5.73 Å². The van der Waals surface area contributed by atoms with Gasteiger partial charge < -0.3 is 25.6 Å². The number of carbonyl (C=O) groups is 2. The normalized spacial score (nSPS) is 10.2. The first-order valence-electron chi connectivity index (χ1n) is 8.56. The van der Waals surface area contributed by atoms with Gasteiger partial charge in [0.2, 0.25) is 0 Å². The Morgan fingerprint density at radius 1 is 1.15 bits per heavy atom. The zero-order chi connectivity index (χ0) is 19.9. The molecule has 7 nitrogen and oxygen atoms in total. The highest BCUT2D eigenvalue weighted by atomic mass is 79.9. The van der Waals surface area contributed by atoms with Crippen molar-refractivity contribution in [2.75, 3.05) is 33.3 Å². The number of carboxylic acid groups (broad SMARTS) is 2. The summed E-state index contributed by atoms with van der Waals surface area (Å²) in [5.41, 5.74) is 6.83. The fraction of sp³-hybridized carbons (Fsp3) is 0.556. The lowest BCUT2D eigenvalue weighted by atomic mass is 10.1. The number of hydrogen-bond donors (Lipinski definition) is 3. The third kappa shape index (κ3) is 11.1. The standard InChI is InChI=1S/C16H27BrN2O.C2H2O4/c1-3-10-19(11-5-4-9-18)12-8-14-13-15(17)6-7-16(14)20-2;3-1(4)2(5)6/h6-7,13H,3-5,8-12,18H2,1-2H3;(H,3,4)(H,5,6). The molecule has 0 spiro atoms. The molecular weight excluding hydrogens is 404 g/mol. The number of benzene rings is 1. The molecule has 0 fully saturated rings. The Balaban J connectivity index is 0.000000896. The number of rotatable bonds is 10. The summed E-state index contributed by atoms with van der Waals surface area (Å²) in [5, 5.41) is 14.8. The highest BCUT2D eigenvalue weighted by molar-refractivity contribution is 9.10. The molecule has 0 aliphatic rings. The van der Waals surface area contributed by atoms with Gasteiger partial charge in [-0.1, -0.05) is 22.9 Å². The first-order chi connectivity index (χ1) is 12.3.